The summed E-state index contributed by atoms with van der Waals surface area (Å²) in [5, 5.41) is 0. The fourth-order valence-corrected chi connectivity index (χ4v) is 4.66. The Morgan fingerprint density at radius 2 is 1.58 bits per heavy atom. The molecule has 1 amide bonds. The Kier molecular flexibility index (Phi) is 4.98. The van der Waals surface area contributed by atoms with Crippen LogP contribution in [0.3, 0.4) is 0 Å². The number of nitrogens with zero attached hydrogens (tertiary/aromatic N) is 2. The standard InChI is InChI=1S/C24H24N2O5/c27-21-22(28)31-24(30-21)12-6-13-26(23(24)29)20-10-5-4-9-18(20)11-14-25-15-19(16-25)17-7-2-1-3-8-17/h1-5,7-10,19H,6,11-16H2. The molecule has 0 unspecified atom stereocenters. The highest BCUT2D eigenvalue weighted by Gasteiger charge is 2.58. The molecule has 0 aromatic heterocycles. The molecule has 3 saturated heterocycles. The number of ether oxygens (including phenoxy) is 2. The average molecular weight is 420 g/mol. The second-order valence-electron chi connectivity index (χ2n) is 8.34. The molecule has 0 atom stereocenters. The number of carbonyl (C=O) groups excluding carboxylic acids is 3. The number of para-hydroxylation sites is 1. The van der Waals surface area contributed by atoms with Crippen molar-refractivity contribution < 1.29 is 23.9 Å². The molecule has 0 N–H and O–H groups in total. The summed E-state index contributed by atoms with van der Waals surface area (Å²) in [6, 6.07) is 18.3. The van der Waals surface area contributed by atoms with Gasteiger partial charge in [0.25, 0.3) is 0 Å². The van der Waals surface area contributed by atoms with E-state index in [1.807, 2.05) is 30.3 Å². The van der Waals surface area contributed by atoms with Crippen molar-refractivity contribution in [3.63, 3.8) is 0 Å². The largest absolute Gasteiger partial charge is 0.421 e. The lowest BCUT2D eigenvalue weighted by Crippen LogP contribution is -2.55. The normalized spacial score (nSPS) is 21.2. The molecule has 5 rings (SSSR count). The van der Waals surface area contributed by atoms with Gasteiger partial charge in [-0.15, -0.1) is 0 Å². The SMILES string of the molecule is O=C1OC2(CCCN(c3ccccc3CCN3CC(c4ccccc4)C3)C2=O)OC1=O. The number of likely N-dealkylation sites (tertiary alicyclic amines) is 1. The van der Waals surface area contributed by atoms with E-state index in [1.165, 1.54) is 5.56 Å². The van der Waals surface area contributed by atoms with Crippen LogP contribution in [0.25, 0.3) is 0 Å². The highest BCUT2D eigenvalue weighted by Crippen LogP contribution is 2.36. The maximum atomic E-state index is 13.2. The van der Waals surface area contributed by atoms with Gasteiger partial charge in [-0.2, -0.15) is 0 Å². The molecule has 160 valence electrons. The van der Waals surface area contributed by atoms with Crippen molar-refractivity contribution in [2.24, 2.45) is 0 Å². The van der Waals surface area contributed by atoms with E-state index in [9.17, 15) is 14.4 Å². The molecule has 3 aliphatic heterocycles. The van der Waals surface area contributed by atoms with Gasteiger partial charge in [-0.1, -0.05) is 48.5 Å². The van der Waals surface area contributed by atoms with Crippen LogP contribution in [0.15, 0.2) is 54.6 Å². The van der Waals surface area contributed by atoms with E-state index >= 15 is 0 Å². The number of amides is 1. The smallest absolute Gasteiger partial charge is 0.405 e. The first kappa shape index (κ1) is 19.8. The van der Waals surface area contributed by atoms with Crippen LogP contribution in [-0.4, -0.2) is 54.7 Å². The van der Waals surface area contributed by atoms with Crippen molar-refractivity contribution in [2.75, 3.05) is 31.1 Å². The summed E-state index contributed by atoms with van der Waals surface area (Å²) in [6.07, 6.45) is 1.57. The summed E-state index contributed by atoms with van der Waals surface area (Å²) in [6.45, 7) is 3.46. The number of esters is 2. The molecule has 7 heteroatoms. The molecule has 0 bridgehead atoms. The van der Waals surface area contributed by atoms with E-state index in [-0.39, 0.29) is 6.42 Å². The molecule has 3 aliphatic rings. The Morgan fingerprint density at radius 3 is 2.32 bits per heavy atom. The first-order chi connectivity index (χ1) is 15.1. The first-order valence-corrected chi connectivity index (χ1v) is 10.7. The molecular weight excluding hydrogens is 396 g/mol. The van der Waals surface area contributed by atoms with Crippen molar-refractivity contribution in [3.8, 4) is 0 Å². The van der Waals surface area contributed by atoms with Crippen LogP contribution in [0.1, 0.15) is 29.9 Å². The lowest BCUT2D eigenvalue weighted by molar-refractivity contribution is -0.192. The molecule has 2 aromatic carbocycles. The van der Waals surface area contributed by atoms with Crippen molar-refractivity contribution in [2.45, 2.75) is 31.0 Å². The van der Waals surface area contributed by atoms with Gasteiger partial charge in [0.1, 0.15) is 0 Å². The molecule has 1 spiro atoms. The zero-order chi connectivity index (χ0) is 21.4. The van der Waals surface area contributed by atoms with Gasteiger partial charge in [-0.05, 0) is 30.0 Å². The van der Waals surface area contributed by atoms with E-state index in [0.717, 1.165) is 37.3 Å². The monoisotopic (exact) mass is 420 g/mol. The van der Waals surface area contributed by atoms with Gasteiger partial charge in [0.05, 0.1) is 0 Å². The molecule has 0 aliphatic carbocycles. The number of piperidine rings is 1. The molecule has 3 heterocycles. The zero-order valence-electron chi connectivity index (χ0n) is 17.2. The molecule has 2 aromatic rings. The maximum Gasteiger partial charge on any atom is 0.421 e. The van der Waals surface area contributed by atoms with E-state index in [4.69, 9.17) is 9.47 Å². The number of hydrogen-bond acceptors (Lipinski definition) is 6. The van der Waals surface area contributed by atoms with Gasteiger partial charge in [0, 0.05) is 44.2 Å². The van der Waals surface area contributed by atoms with Gasteiger partial charge < -0.3 is 19.3 Å². The van der Waals surface area contributed by atoms with Gasteiger partial charge in [0.15, 0.2) is 0 Å². The van der Waals surface area contributed by atoms with Gasteiger partial charge in [-0.3, -0.25) is 4.79 Å². The highest BCUT2D eigenvalue weighted by molar-refractivity contribution is 6.32. The van der Waals surface area contributed by atoms with Crippen molar-refractivity contribution >= 4 is 23.5 Å². The third kappa shape index (κ3) is 3.59. The molecule has 0 saturated carbocycles. The summed E-state index contributed by atoms with van der Waals surface area (Å²) in [5.74, 6) is -3.92. The predicted molar refractivity (Wildman–Crippen MR) is 112 cm³/mol. The summed E-state index contributed by atoms with van der Waals surface area (Å²) in [4.78, 5) is 40.3. The molecular formula is C24H24N2O5. The fraction of sp³-hybridized carbons (Fsp3) is 0.375. The Labute approximate surface area is 180 Å². The van der Waals surface area contributed by atoms with E-state index in [0.29, 0.717) is 18.9 Å². The Bertz CT molecular complexity index is 1000. The van der Waals surface area contributed by atoms with Crippen LogP contribution in [0.5, 0.6) is 0 Å². The molecule has 3 fully saturated rings. The summed E-state index contributed by atoms with van der Waals surface area (Å²) >= 11 is 0. The quantitative estimate of drug-likeness (QED) is 0.546. The maximum absolute atomic E-state index is 13.2. The van der Waals surface area contributed by atoms with E-state index < -0.39 is 23.6 Å². The number of benzene rings is 2. The Hall–Kier alpha value is -3.19. The van der Waals surface area contributed by atoms with E-state index in [1.54, 1.807) is 4.90 Å². The summed E-state index contributed by atoms with van der Waals surface area (Å²) in [7, 11) is 0. The third-order valence-electron chi connectivity index (χ3n) is 6.35. The van der Waals surface area contributed by atoms with Gasteiger partial charge in [-0.25, -0.2) is 9.59 Å². The number of hydrogen-bond donors (Lipinski definition) is 0. The second kappa shape index (κ2) is 7.81. The van der Waals surface area contributed by atoms with Crippen LogP contribution >= 0.6 is 0 Å². The highest BCUT2D eigenvalue weighted by atomic mass is 16.8. The topological polar surface area (TPSA) is 76.2 Å². The zero-order valence-corrected chi connectivity index (χ0v) is 17.2. The van der Waals surface area contributed by atoms with Crippen LogP contribution in [0.2, 0.25) is 0 Å². The van der Waals surface area contributed by atoms with Gasteiger partial charge >= 0.3 is 23.6 Å². The second-order valence-corrected chi connectivity index (χ2v) is 8.34. The van der Waals surface area contributed by atoms with Crippen LogP contribution < -0.4 is 4.90 Å². The first-order valence-electron chi connectivity index (χ1n) is 10.7. The fourth-order valence-electron chi connectivity index (χ4n) is 4.66. The van der Waals surface area contributed by atoms with E-state index in [2.05, 4.69) is 29.2 Å². The number of anilines is 1. The number of carbonyl (C=O) groups is 3. The Balaban J connectivity index is 1.26. The van der Waals surface area contributed by atoms with Gasteiger partial charge in [0.2, 0.25) is 0 Å². The lowest BCUT2D eigenvalue weighted by Gasteiger charge is -2.40. The lowest BCUT2D eigenvalue weighted by atomic mass is 9.91. The summed E-state index contributed by atoms with van der Waals surface area (Å²) < 4.78 is 10.1. The van der Waals surface area contributed by atoms with Crippen LogP contribution in [0.4, 0.5) is 5.69 Å². The summed E-state index contributed by atoms with van der Waals surface area (Å²) in [5.41, 5.74) is 3.21. The van der Waals surface area contributed by atoms with Crippen LogP contribution in [-0.2, 0) is 30.3 Å². The minimum Gasteiger partial charge on any atom is -0.405 e. The minimum absolute atomic E-state index is 0.191. The number of rotatable bonds is 5. The van der Waals surface area contributed by atoms with Crippen molar-refractivity contribution in [1.82, 2.24) is 4.90 Å². The van der Waals surface area contributed by atoms with Crippen molar-refractivity contribution in [3.05, 3.63) is 65.7 Å². The predicted octanol–water partition coefficient (Wildman–Crippen LogP) is 2.25. The Morgan fingerprint density at radius 1 is 0.903 bits per heavy atom. The molecule has 7 nitrogen and oxygen atoms in total. The molecule has 0 radical (unpaired) electrons. The van der Waals surface area contributed by atoms with Crippen molar-refractivity contribution in [1.29, 1.82) is 0 Å². The minimum atomic E-state index is -1.81. The molecule has 31 heavy (non-hydrogen) atoms. The van der Waals surface area contributed by atoms with Crippen LogP contribution in [0, 0.1) is 0 Å². The average Bonchev–Trinajstić information content (AvgIpc) is 3.04. The third-order valence-corrected chi connectivity index (χ3v) is 6.35.